The lowest BCUT2D eigenvalue weighted by molar-refractivity contribution is -0.128. The lowest BCUT2D eigenvalue weighted by Gasteiger charge is -2.25. The number of benzene rings is 1. The number of rotatable bonds is 8. The largest absolute Gasteiger partial charge is 0.332 e. The second kappa shape index (κ2) is 8.28. The van der Waals surface area contributed by atoms with Crippen LogP contribution in [-0.2, 0) is 28.4 Å². The fourth-order valence-corrected chi connectivity index (χ4v) is 4.08. The van der Waals surface area contributed by atoms with Crippen molar-refractivity contribution in [2.45, 2.75) is 50.2 Å². The van der Waals surface area contributed by atoms with E-state index in [1.807, 2.05) is 27.1 Å². The van der Waals surface area contributed by atoms with Crippen LogP contribution in [0.25, 0.3) is 6.08 Å². The third kappa shape index (κ3) is 5.30. The van der Waals surface area contributed by atoms with Crippen molar-refractivity contribution >= 4 is 22.0 Å². The first-order valence-corrected chi connectivity index (χ1v) is 10.8. The van der Waals surface area contributed by atoms with Crippen molar-refractivity contribution in [3.05, 3.63) is 53.9 Å². The van der Waals surface area contributed by atoms with E-state index < -0.39 is 10.0 Å². The zero-order chi connectivity index (χ0) is 20.3. The maximum atomic E-state index is 12.6. The van der Waals surface area contributed by atoms with Crippen molar-refractivity contribution in [3.63, 3.8) is 0 Å². The van der Waals surface area contributed by atoms with Gasteiger partial charge in [0.15, 0.2) is 0 Å². The maximum absolute atomic E-state index is 12.6. The fraction of sp³-hybridized carbons (Fsp3) is 0.400. The van der Waals surface area contributed by atoms with Crippen LogP contribution >= 0.6 is 0 Å². The summed E-state index contributed by atoms with van der Waals surface area (Å²) in [5.41, 5.74) is 1.74. The number of aryl methyl sites for hydroxylation is 1. The number of sulfonamides is 1. The molecule has 1 aliphatic carbocycles. The molecule has 1 saturated carbocycles. The van der Waals surface area contributed by atoms with Crippen LogP contribution < -0.4 is 4.72 Å². The Kier molecular flexibility index (Phi) is 6.00. The van der Waals surface area contributed by atoms with Crippen molar-refractivity contribution in [1.29, 1.82) is 0 Å². The van der Waals surface area contributed by atoms with Crippen LogP contribution in [0.15, 0.2) is 47.6 Å². The summed E-state index contributed by atoms with van der Waals surface area (Å²) in [4.78, 5) is 14.6. The van der Waals surface area contributed by atoms with E-state index in [0.717, 1.165) is 24.0 Å². The molecule has 28 heavy (non-hydrogen) atoms. The molecular formula is C20H26N4O3S. The van der Waals surface area contributed by atoms with Crippen LogP contribution in [0.1, 0.15) is 37.8 Å². The second-order valence-corrected chi connectivity index (χ2v) is 9.09. The predicted octanol–water partition coefficient (Wildman–Crippen LogP) is 2.31. The smallest absolute Gasteiger partial charge is 0.247 e. The molecule has 7 nitrogen and oxygen atoms in total. The maximum Gasteiger partial charge on any atom is 0.247 e. The summed E-state index contributed by atoms with van der Waals surface area (Å²) in [6.45, 7) is 4.42. The summed E-state index contributed by atoms with van der Waals surface area (Å²) in [5.74, 6) is -0.106. The molecule has 1 aromatic heterocycles. The van der Waals surface area contributed by atoms with Gasteiger partial charge in [0.1, 0.15) is 0 Å². The van der Waals surface area contributed by atoms with E-state index in [4.69, 9.17) is 0 Å². The topological polar surface area (TPSA) is 84.3 Å². The third-order valence-electron chi connectivity index (χ3n) is 4.53. The second-order valence-electron chi connectivity index (χ2n) is 7.38. The standard InChI is InChI=1S/C20H26N4O3S/c1-15(2)24(14-17-12-21-23(3)13-17)20(25)11-6-16-4-9-19(10-5-16)28(26,27)22-18-7-8-18/h4-6,9-13,15,18,22H,7-8,14H2,1-3H3/b11-6+. The van der Waals surface area contributed by atoms with Gasteiger partial charge in [-0.25, -0.2) is 13.1 Å². The first-order chi connectivity index (χ1) is 13.2. The van der Waals surface area contributed by atoms with E-state index in [1.165, 1.54) is 6.08 Å². The highest BCUT2D eigenvalue weighted by Gasteiger charge is 2.27. The molecule has 0 bridgehead atoms. The summed E-state index contributed by atoms with van der Waals surface area (Å²) in [5, 5.41) is 4.14. The monoisotopic (exact) mass is 402 g/mol. The van der Waals surface area contributed by atoms with Crippen molar-refractivity contribution in [2.24, 2.45) is 7.05 Å². The Labute approximate surface area is 166 Å². The molecule has 1 amide bonds. The van der Waals surface area contributed by atoms with Crippen LogP contribution in [0.3, 0.4) is 0 Å². The summed E-state index contributed by atoms with van der Waals surface area (Å²) in [6.07, 6.45) is 8.65. The fourth-order valence-electron chi connectivity index (χ4n) is 2.78. The van der Waals surface area contributed by atoms with E-state index in [9.17, 15) is 13.2 Å². The zero-order valence-electron chi connectivity index (χ0n) is 16.4. The van der Waals surface area contributed by atoms with Gasteiger partial charge in [-0.2, -0.15) is 5.10 Å². The van der Waals surface area contributed by atoms with E-state index in [2.05, 4.69) is 9.82 Å². The molecule has 1 aliphatic rings. The molecule has 8 heteroatoms. The summed E-state index contributed by atoms with van der Waals surface area (Å²) >= 11 is 0. The summed E-state index contributed by atoms with van der Waals surface area (Å²) < 4.78 is 28.8. The van der Waals surface area contributed by atoms with Gasteiger partial charge < -0.3 is 4.90 Å². The van der Waals surface area contributed by atoms with Gasteiger partial charge in [-0.3, -0.25) is 9.48 Å². The number of carbonyl (C=O) groups excluding carboxylic acids is 1. The molecule has 0 radical (unpaired) electrons. The number of nitrogens with zero attached hydrogens (tertiary/aromatic N) is 3. The van der Waals surface area contributed by atoms with Crippen LogP contribution in [0.2, 0.25) is 0 Å². The minimum absolute atomic E-state index is 0.0402. The number of aromatic nitrogens is 2. The van der Waals surface area contributed by atoms with Crippen molar-refractivity contribution in [1.82, 2.24) is 19.4 Å². The summed E-state index contributed by atoms with van der Waals surface area (Å²) in [7, 11) is -1.62. The van der Waals surface area contributed by atoms with Crippen molar-refractivity contribution < 1.29 is 13.2 Å². The molecule has 0 saturated heterocycles. The molecule has 3 rings (SSSR count). The molecule has 0 unspecified atom stereocenters. The molecule has 150 valence electrons. The Morgan fingerprint density at radius 1 is 1.32 bits per heavy atom. The van der Waals surface area contributed by atoms with Gasteiger partial charge in [0, 0.05) is 43.5 Å². The molecule has 0 aliphatic heterocycles. The Morgan fingerprint density at radius 3 is 2.54 bits per heavy atom. The van der Waals surface area contributed by atoms with E-state index in [0.29, 0.717) is 6.54 Å². The quantitative estimate of drug-likeness (QED) is 0.687. The van der Waals surface area contributed by atoms with Crippen molar-refractivity contribution in [3.8, 4) is 0 Å². The summed E-state index contributed by atoms with van der Waals surface area (Å²) in [6, 6.07) is 6.63. The minimum atomic E-state index is -3.46. The number of nitrogens with one attached hydrogen (secondary N) is 1. The molecule has 1 heterocycles. The lowest BCUT2D eigenvalue weighted by Crippen LogP contribution is -2.35. The molecule has 1 aromatic carbocycles. The van der Waals surface area contributed by atoms with Crippen LogP contribution in [0.5, 0.6) is 0 Å². The molecule has 2 aromatic rings. The number of hydrogen-bond donors (Lipinski definition) is 1. The highest BCUT2D eigenvalue weighted by atomic mass is 32.2. The number of carbonyl (C=O) groups is 1. The highest BCUT2D eigenvalue weighted by molar-refractivity contribution is 7.89. The van der Waals surface area contributed by atoms with Gasteiger partial charge in [0.05, 0.1) is 11.1 Å². The molecule has 0 atom stereocenters. The SMILES string of the molecule is CC(C)N(Cc1cnn(C)c1)C(=O)/C=C/c1ccc(S(=O)(=O)NC2CC2)cc1. The minimum Gasteiger partial charge on any atom is -0.332 e. The normalized spacial score (nSPS) is 14.7. The van der Waals surface area contributed by atoms with E-state index in [1.54, 1.807) is 46.1 Å². The van der Waals surface area contributed by atoms with Gasteiger partial charge in [-0.1, -0.05) is 12.1 Å². The highest BCUT2D eigenvalue weighted by Crippen LogP contribution is 2.22. The van der Waals surface area contributed by atoms with E-state index >= 15 is 0 Å². The lowest BCUT2D eigenvalue weighted by atomic mass is 10.2. The predicted molar refractivity (Wildman–Crippen MR) is 108 cm³/mol. The number of amides is 1. The van der Waals surface area contributed by atoms with Gasteiger partial charge in [-0.15, -0.1) is 0 Å². The van der Waals surface area contributed by atoms with Crippen LogP contribution in [0.4, 0.5) is 0 Å². The van der Waals surface area contributed by atoms with Gasteiger partial charge in [-0.05, 0) is 50.5 Å². The Morgan fingerprint density at radius 2 is 2.00 bits per heavy atom. The van der Waals surface area contributed by atoms with E-state index in [-0.39, 0.29) is 22.9 Å². The molecular weight excluding hydrogens is 376 g/mol. The molecule has 1 fully saturated rings. The van der Waals surface area contributed by atoms with Crippen LogP contribution in [0, 0.1) is 0 Å². The van der Waals surface area contributed by atoms with Gasteiger partial charge in [0.2, 0.25) is 15.9 Å². The van der Waals surface area contributed by atoms with Crippen LogP contribution in [-0.4, -0.2) is 41.1 Å². The average Bonchev–Trinajstić information content (AvgIpc) is 3.35. The Balaban J connectivity index is 1.66. The van der Waals surface area contributed by atoms with Crippen molar-refractivity contribution in [2.75, 3.05) is 0 Å². The first-order valence-electron chi connectivity index (χ1n) is 9.33. The Bertz CT molecular complexity index is 958. The Hall–Kier alpha value is -2.45. The number of hydrogen-bond acceptors (Lipinski definition) is 4. The molecule has 0 spiro atoms. The van der Waals surface area contributed by atoms with Gasteiger partial charge in [0.25, 0.3) is 0 Å². The average molecular weight is 403 g/mol. The van der Waals surface area contributed by atoms with Gasteiger partial charge >= 0.3 is 0 Å². The zero-order valence-corrected chi connectivity index (χ0v) is 17.2. The molecule has 1 N–H and O–H groups in total. The third-order valence-corrected chi connectivity index (χ3v) is 6.06. The first kappa shape index (κ1) is 20.3.